The number of rotatable bonds is 7. The van der Waals surface area contributed by atoms with Crippen molar-refractivity contribution in [3.63, 3.8) is 0 Å². The third kappa shape index (κ3) is 10.1. The van der Waals surface area contributed by atoms with Crippen LogP contribution in [0.15, 0.2) is 0 Å². The maximum Gasteiger partial charge on any atom is 0.328 e. The lowest BCUT2D eigenvalue weighted by atomic mass is 9.79. The molecule has 7 N–H and O–H groups in total. The molecule has 4 heterocycles. The Bertz CT molecular complexity index is 1580. The second-order valence-electron chi connectivity index (χ2n) is 16.8. The first-order valence-corrected chi connectivity index (χ1v) is 20.3. The number of hydrogen-bond acceptors (Lipinski definition) is 14. The van der Waals surface area contributed by atoms with Gasteiger partial charge in [-0.15, -0.1) is 0 Å². The molecule has 0 aromatic rings. The van der Waals surface area contributed by atoms with Gasteiger partial charge < -0.3 is 35.6 Å². The fourth-order valence-corrected chi connectivity index (χ4v) is 7.91. The number of carbonyl (C=O) groups excluding carboxylic acids is 8. The van der Waals surface area contributed by atoms with Crippen LogP contribution in [0.3, 0.4) is 0 Å². The predicted molar refractivity (Wildman–Crippen MR) is 204 cm³/mol. The summed E-state index contributed by atoms with van der Waals surface area (Å²) < 4.78 is 11.8. The summed E-state index contributed by atoms with van der Waals surface area (Å²) in [5, 5.41) is 32.9. The minimum atomic E-state index is -2.67. The molecule has 20 heteroatoms. The fourth-order valence-electron chi connectivity index (χ4n) is 7.91. The largest absolute Gasteiger partial charge is 0.458 e. The average molecular weight is 823 g/mol. The molecule has 0 saturated carbocycles. The zero-order valence-electron chi connectivity index (χ0n) is 34.7. The minimum absolute atomic E-state index is 0.00730. The standard InChI is InChI=1S/C38H62N8O12/c1-20(2)17-25-13-14-38(56,58-24(25)7)37(8,55)36(54)43-29-30(21(3)4)57-35(53)22(5)42-32(50)26-11-9-15-40-45(26)28(48)18-39-31(49)23(6)44(19-47)33(51)27-12-10-16-41-46(27)34(29)52/h19-27,29-30,40-41,55-56H,9-18H2,1-8H3,(H,39,49)(H,42,50)(H,43,54). The summed E-state index contributed by atoms with van der Waals surface area (Å²) in [6.07, 6.45) is 0.205. The van der Waals surface area contributed by atoms with E-state index in [4.69, 9.17) is 9.47 Å². The first kappa shape index (κ1) is 46.4. The van der Waals surface area contributed by atoms with Crippen LogP contribution in [-0.4, -0.2) is 146 Å². The van der Waals surface area contributed by atoms with Crippen molar-refractivity contribution in [3.05, 3.63) is 0 Å². The monoisotopic (exact) mass is 822 g/mol. The molecule has 4 aliphatic rings. The van der Waals surface area contributed by atoms with Gasteiger partial charge >= 0.3 is 5.97 Å². The summed E-state index contributed by atoms with van der Waals surface area (Å²) >= 11 is 0. The van der Waals surface area contributed by atoms with Gasteiger partial charge in [0.25, 0.3) is 23.6 Å². The number of hydrogen-bond donors (Lipinski definition) is 7. The molecule has 0 aromatic heterocycles. The van der Waals surface area contributed by atoms with Crippen molar-refractivity contribution in [2.75, 3.05) is 19.6 Å². The molecule has 4 rings (SSSR count). The van der Waals surface area contributed by atoms with Crippen molar-refractivity contribution in [1.29, 1.82) is 0 Å². The fraction of sp³-hybridized carbons (Fsp3) is 0.789. The summed E-state index contributed by atoms with van der Waals surface area (Å²) in [5.41, 5.74) is 3.01. The molecule has 20 nitrogen and oxygen atoms in total. The molecule has 0 spiro atoms. The van der Waals surface area contributed by atoms with Crippen molar-refractivity contribution in [2.24, 2.45) is 17.8 Å². The van der Waals surface area contributed by atoms with Crippen LogP contribution in [0.5, 0.6) is 0 Å². The van der Waals surface area contributed by atoms with Gasteiger partial charge in [-0.25, -0.2) is 15.6 Å². The predicted octanol–water partition coefficient (Wildman–Crippen LogP) is -1.66. The second kappa shape index (κ2) is 19.2. The molecule has 10 atom stereocenters. The normalized spacial score (nSPS) is 33.8. The van der Waals surface area contributed by atoms with Crippen molar-refractivity contribution in [3.8, 4) is 0 Å². The third-order valence-corrected chi connectivity index (χ3v) is 11.5. The Kier molecular flexibility index (Phi) is 15.4. The number of cyclic esters (lactones) is 1. The van der Waals surface area contributed by atoms with Gasteiger partial charge in [0.15, 0.2) is 5.60 Å². The van der Waals surface area contributed by atoms with Crippen LogP contribution in [0, 0.1) is 17.8 Å². The van der Waals surface area contributed by atoms with Gasteiger partial charge in [-0.3, -0.25) is 48.5 Å². The number of esters is 1. The number of hydrazine groups is 2. The lowest BCUT2D eigenvalue weighted by molar-refractivity contribution is -0.326. The highest BCUT2D eigenvalue weighted by atomic mass is 16.6. The molecule has 4 aliphatic heterocycles. The second-order valence-corrected chi connectivity index (χ2v) is 16.8. The summed E-state index contributed by atoms with van der Waals surface area (Å²) in [6, 6.07) is -7.16. The Morgan fingerprint density at radius 2 is 1.57 bits per heavy atom. The molecule has 4 saturated heterocycles. The number of aliphatic hydroxyl groups is 2. The van der Waals surface area contributed by atoms with Crippen LogP contribution in [0.2, 0.25) is 0 Å². The Hall–Kier alpha value is -4.24. The summed E-state index contributed by atoms with van der Waals surface area (Å²) in [4.78, 5) is 110. The topological polar surface area (TPSA) is 265 Å². The number of ether oxygens (including phenoxy) is 2. The van der Waals surface area contributed by atoms with Gasteiger partial charge in [0, 0.05) is 19.5 Å². The van der Waals surface area contributed by atoms with Crippen molar-refractivity contribution in [2.45, 2.75) is 154 Å². The smallest absolute Gasteiger partial charge is 0.328 e. The van der Waals surface area contributed by atoms with Crippen molar-refractivity contribution < 1.29 is 58.0 Å². The van der Waals surface area contributed by atoms with Crippen LogP contribution in [0.1, 0.15) is 100 Å². The van der Waals surface area contributed by atoms with E-state index in [0.717, 1.165) is 23.4 Å². The zero-order valence-corrected chi connectivity index (χ0v) is 34.7. The minimum Gasteiger partial charge on any atom is -0.458 e. The molecule has 4 fully saturated rings. The Morgan fingerprint density at radius 3 is 2.16 bits per heavy atom. The summed E-state index contributed by atoms with van der Waals surface area (Å²) in [5.74, 6) is -9.31. The van der Waals surface area contributed by atoms with Crippen LogP contribution < -0.4 is 26.8 Å². The van der Waals surface area contributed by atoms with Gasteiger partial charge in [0.1, 0.15) is 36.3 Å². The van der Waals surface area contributed by atoms with E-state index in [2.05, 4.69) is 26.8 Å². The molecule has 0 radical (unpaired) electrons. The Morgan fingerprint density at radius 1 is 0.948 bits per heavy atom. The highest BCUT2D eigenvalue weighted by Gasteiger charge is 2.57. The SMILES string of the molecule is CC(C)CC1CCC(O)(C(C)(O)C(=O)NC2C(=O)N3NCCCC3C(=O)N(C=O)C(C)C(=O)NCC(=O)N3NCCCC3C(=O)NC(C)C(=O)OC2C(C)C)OC1C. The van der Waals surface area contributed by atoms with Gasteiger partial charge in [-0.2, -0.15) is 0 Å². The Balaban J connectivity index is 1.76. The third-order valence-electron chi connectivity index (χ3n) is 11.5. The maximum atomic E-state index is 14.8. The average Bonchev–Trinajstić information content (AvgIpc) is 3.18. The van der Waals surface area contributed by atoms with Gasteiger partial charge in [0.2, 0.25) is 24.0 Å². The van der Waals surface area contributed by atoms with Gasteiger partial charge in [0.05, 0.1) is 12.6 Å². The molecular formula is C38H62N8O12. The highest BCUT2D eigenvalue weighted by molar-refractivity contribution is 6.00. The van der Waals surface area contributed by atoms with Crippen molar-refractivity contribution >= 4 is 47.8 Å². The van der Waals surface area contributed by atoms with E-state index in [9.17, 15) is 48.6 Å². The van der Waals surface area contributed by atoms with E-state index < -0.39 is 108 Å². The van der Waals surface area contributed by atoms with Crippen LogP contribution >= 0.6 is 0 Å². The molecule has 0 bridgehead atoms. The molecule has 326 valence electrons. The highest BCUT2D eigenvalue weighted by Crippen LogP contribution is 2.40. The van der Waals surface area contributed by atoms with Crippen molar-refractivity contribution in [1.82, 2.24) is 41.7 Å². The van der Waals surface area contributed by atoms with E-state index in [1.165, 1.54) is 13.8 Å². The molecule has 0 aromatic carbocycles. The maximum absolute atomic E-state index is 14.8. The van der Waals surface area contributed by atoms with E-state index in [1.807, 2.05) is 13.8 Å². The van der Waals surface area contributed by atoms with E-state index in [-0.39, 0.29) is 38.1 Å². The van der Waals surface area contributed by atoms with Gasteiger partial charge in [-0.05, 0) is 84.0 Å². The number of nitrogens with zero attached hydrogens (tertiary/aromatic N) is 3. The first-order chi connectivity index (χ1) is 27.1. The number of carbonyl (C=O) groups is 8. The zero-order chi connectivity index (χ0) is 43.3. The lowest BCUT2D eigenvalue weighted by Gasteiger charge is -2.47. The van der Waals surface area contributed by atoms with Gasteiger partial charge in [-0.1, -0.05) is 27.7 Å². The van der Waals surface area contributed by atoms with Crippen LogP contribution in [0.4, 0.5) is 0 Å². The molecule has 10 unspecified atom stereocenters. The quantitative estimate of drug-likeness (QED) is 0.112. The number of amides is 7. The Labute approximate surface area is 338 Å². The number of imide groups is 1. The number of nitrogens with one attached hydrogen (secondary N) is 5. The van der Waals surface area contributed by atoms with E-state index in [0.29, 0.717) is 36.6 Å². The van der Waals surface area contributed by atoms with E-state index in [1.54, 1.807) is 20.8 Å². The van der Waals surface area contributed by atoms with Crippen LogP contribution in [-0.2, 0) is 47.8 Å². The number of fused-ring (bicyclic) bond motifs is 2. The lowest BCUT2D eigenvalue weighted by Crippen LogP contribution is -2.70. The summed E-state index contributed by atoms with van der Waals surface area (Å²) in [6.45, 7) is 12.6. The molecule has 58 heavy (non-hydrogen) atoms. The molecule has 0 aliphatic carbocycles. The summed E-state index contributed by atoms with van der Waals surface area (Å²) in [7, 11) is 0. The van der Waals surface area contributed by atoms with E-state index >= 15 is 0 Å². The molecule has 7 amide bonds. The van der Waals surface area contributed by atoms with Crippen LogP contribution in [0.25, 0.3) is 0 Å². The first-order valence-electron chi connectivity index (χ1n) is 20.3. The molecular weight excluding hydrogens is 760 g/mol.